The number of hydrogen-bond acceptors (Lipinski definition) is 3. The number of carbonyl (C=O) groups excluding carboxylic acids is 3. The number of amides is 2. The van der Waals surface area contributed by atoms with Crippen LogP contribution in [-0.2, 0) is 14.4 Å². The minimum Gasteiger partial charge on any atom is -0.357 e. The van der Waals surface area contributed by atoms with Crippen molar-refractivity contribution in [2.75, 3.05) is 13.1 Å². The number of hydrogen-bond donors (Lipinski definition) is 2. The number of rotatable bonds is 4. The molecule has 0 aliphatic carbocycles. The van der Waals surface area contributed by atoms with Gasteiger partial charge in [-0.3, -0.25) is 9.59 Å². The fraction of sp³-hybridized carbons (Fsp3) is 0.545. The Kier molecular flexibility index (Phi) is 69.5. The average molecular weight is 535 g/mol. The first-order valence-corrected chi connectivity index (χ1v) is 14.2. The lowest BCUT2D eigenvalue weighted by Gasteiger charge is -1.93. The Morgan fingerprint density at radius 2 is 0.684 bits per heavy atom. The predicted molar refractivity (Wildman–Crippen MR) is 170 cm³/mol. The Morgan fingerprint density at radius 3 is 0.737 bits per heavy atom. The van der Waals surface area contributed by atoms with Crippen LogP contribution in [0.5, 0.6) is 0 Å². The van der Waals surface area contributed by atoms with Gasteiger partial charge in [-0.25, -0.2) is 0 Å². The molecule has 2 amide bonds. The van der Waals surface area contributed by atoms with E-state index in [1.54, 1.807) is 6.92 Å². The van der Waals surface area contributed by atoms with Crippen LogP contribution < -0.4 is 10.6 Å². The van der Waals surface area contributed by atoms with Gasteiger partial charge < -0.3 is 15.4 Å². The minimum absolute atomic E-state index is 0.0394. The zero-order chi connectivity index (χ0) is 30.9. The molecule has 0 fully saturated rings. The fourth-order valence-corrected chi connectivity index (χ4v) is 1.34. The van der Waals surface area contributed by atoms with Gasteiger partial charge in [0.05, 0.1) is 0 Å². The Morgan fingerprint density at radius 1 is 0.474 bits per heavy atom. The van der Waals surface area contributed by atoms with Crippen molar-refractivity contribution in [2.24, 2.45) is 0 Å². The molecule has 0 bridgehead atoms. The van der Waals surface area contributed by atoms with E-state index in [0.717, 1.165) is 13.1 Å². The van der Waals surface area contributed by atoms with E-state index in [4.69, 9.17) is 0 Å². The highest BCUT2D eigenvalue weighted by molar-refractivity contribution is 5.75. The third-order valence-electron chi connectivity index (χ3n) is 2.95. The first-order valence-electron chi connectivity index (χ1n) is 14.2. The molecule has 0 saturated heterocycles. The molecular weight excluding hydrogens is 472 g/mol. The Bertz CT molecular complexity index is 546. The van der Waals surface area contributed by atoms with E-state index in [2.05, 4.69) is 38.3 Å². The van der Waals surface area contributed by atoms with Crippen molar-refractivity contribution in [3.63, 3.8) is 0 Å². The van der Waals surface area contributed by atoms with Crippen molar-refractivity contribution in [2.45, 2.75) is 109 Å². The molecule has 5 nitrogen and oxygen atoms in total. The third-order valence-corrected chi connectivity index (χ3v) is 2.95. The molecule has 2 aromatic rings. The van der Waals surface area contributed by atoms with Gasteiger partial charge in [-0.1, -0.05) is 141 Å². The van der Waals surface area contributed by atoms with Crippen LogP contribution in [0.25, 0.3) is 0 Å². The van der Waals surface area contributed by atoms with Crippen LogP contribution in [0.15, 0.2) is 72.8 Å². The lowest BCUT2D eigenvalue weighted by Crippen LogP contribution is -2.20. The minimum atomic E-state index is 0.0394. The van der Waals surface area contributed by atoms with Crippen molar-refractivity contribution in [1.82, 2.24) is 10.6 Å². The maximum Gasteiger partial charge on any atom is 0.219 e. The maximum absolute atomic E-state index is 10.3. The Labute approximate surface area is 237 Å². The highest BCUT2D eigenvalue weighted by atomic mass is 16.2. The second-order valence-electron chi connectivity index (χ2n) is 7.17. The smallest absolute Gasteiger partial charge is 0.219 e. The lowest BCUT2D eigenvalue weighted by molar-refractivity contribution is -0.121. The molecule has 0 unspecified atom stereocenters. The van der Waals surface area contributed by atoms with Crippen LogP contribution in [0.4, 0.5) is 0 Å². The zero-order valence-electron chi connectivity index (χ0n) is 26.9. The van der Waals surface area contributed by atoms with Gasteiger partial charge in [0.25, 0.3) is 0 Å². The molecule has 2 aromatic carbocycles. The summed E-state index contributed by atoms with van der Waals surface area (Å²) in [5.41, 5.74) is 0. The molecule has 0 aliphatic rings. The normalized spacial score (nSPS) is 7.37. The number of ketones is 1. The average Bonchev–Trinajstić information content (AvgIpc) is 2.94. The van der Waals surface area contributed by atoms with E-state index in [1.165, 1.54) is 19.8 Å². The summed E-state index contributed by atoms with van der Waals surface area (Å²) in [5, 5.41) is 5.23. The largest absolute Gasteiger partial charge is 0.357 e. The molecule has 5 heteroatoms. The highest BCUT2D eigenvalue weighted by Gasteiger charge is 1.88. The number of nitrogens with one attached hydrogen (secondary N) is 2. The maximum atomic E-state index is 10.3. The quantitative estimate of drug-likeness (QED) is 0.411. The monoisotopic (exact) mass is 534 g/mol. The molecule has 2 rings (SSSR count). The molecule has 38 heavy (non-hydrogen) atoms. The molecule has 0 aliphatic heterocycles. The predicted octanol–water partition coefficient (Wildman–Crippen LogP) is 8.89. The summed E-state index contributed by atoms with van der Waals surface area (Å²) in [5.74, 6) is 0.421. The van der Waals surface area contributed by atoms with Gasteiger partial charge in [0.2, 0.25) is 11.8 Å². The molecule has 0 atom stereocenters. The van der Waals surface area contributed by atoms with Gasteiger partial charge in [0.1, 0.15) is 5.78 Å². The summed E-state index contributed by atoms with van der Waals surface area (Å²) < 4.78 is 0. The van der Waals surface area contributed by atoms with Crippen molar-refractivity contribution in [1.29, 1.82) is 0 Å². The SMILES string of the molecule is CC.CCC.CCC.CCC(C)=O.CCNC(=O)CC.CCNC(C)=O.c1ccccc1.c1ccccc1. The van der Waals surface area contributed by atoms with Crippen LogP contribution in [0, 0.1) is 0 Å². The topological polar surface area (TPSA) is 75.3 Å². The van der Waals surface area contributed by atoms with E-state index in [9.17, 15) is 14.4 Å². The summed E-state index contributed by atoms with van der Waals surface area (Å²) in [6, 6.07) is 24.0. The Balaban J connectivity index is -0.0000000790. The molecular formula is C33H62N2O3. The van der Waals surface area contributed by atoms with Crippen LogP contribution in [0.3, 0.4) is 0 Å². The van der Waals surface area contributed by atoms with Gasteiger partial charge >= 0.3 is 0 Å². The first-order chi connectivity index (χ1) is 18.2. The summed E-state index contributed by atoms with van der Waals surface area (Å²) in [6.45, 7) is 24.5. The summed E-state index contributed by atoms with van der Waals surface area (Å²) in [6.07, 6.45) is 3.76. The molecule has 0 spiro atoms. The lowest BCUT2D eigenvalue weighted by atomic mass is 10.4. The molecule has 0 heterocycles. The van der Waals surface area contributed by atoms with Gasteiger partial charge in [0, 0.05) is 32.9 Å². The van der Waals surface area contributed by atoms with Gasteiger partial charge in [0.15, 0.2) is 0 Å². The van der Waals surface area contributed by atoms with Gasteiger partial charge in [-0.15, -0.1) is 0 Å². The zero-order valence-corrected chi connectivity index (χ0v) is 26.9. The second kappa shape index (κ2) is 54.8. The first kappa shape index (κ1) is 48.2. The summed E-state index contributed by atoms with van der Waals surface area (Å²) >= 11 is 0. The van der Waals surface area contributed by atoms with Crippen LogP contribution >= 0.6 is 0 Å². The van der Waals surface area contributed by atoms with E-state index in [1.807, 2.05) is 114 Å². The van der Waals surface area contributed by atoms with E-state index in [-0.39, 0.29) is 17.6 Å². The van der Waals surface area contributed by atoms with E-state index >= 15 is 0 Å². The highest BCUT2D eigenvalue weighted by Crippen LogP contribution is 1.80. The van der Waals surface area contributed by atoms with Crippen LogP contribution in [-0.4, -0.2) is 30.7 Å². The second-order valence-corrected chi connectivity index (χ2v) is 7.17. The van der Waals surface area contributed by atoms with Gasteiger partial charge in [-0.2, -0.15) is 0 Å². The van der Waals surface area contributed by atoms with Gasteiger partial charge in [-0.05, 0) is 20.8 Å². The molecule has 0 radical (unpaired) electrons. The number of Topliss-reactive ketones (excluding diaryl/α,β-unsaturated/α-hetero) is 1. The molecule has 222 valence electrons. The molecule has 2 N–H and O–H groups in total. The van der Waals surface area contributed by atoms with Crippen molar-refractivity contribution < 1.29 is 14.4 Å². The van der Waals surface area contributed by atoms with E-state index in [0.29, 0.717) is 12.8 Å². The third kappa shape index (κ3) is 93.5. The molecule has 0 saturated carbocycles. The number of benzene rings is 2. The van der Waals surface area contributed by atoms with Crippen LogP contribution in [0.2, 0.25) is 0 Å². The summed E-state index contributed by atoms with van der Waals surface area (Å²) in [4.78, 5) is 30.0. The fourth-order valence-electron chi connectivity index (χ4n) is 1.34. The Hall–Kier alpha value is -2.95. The number of carbonyl (C=O) groups is 3. The van der Waals surface area contributed by atoms with Crippen molar-refractivity contribution in [3.8, 4) is 0 Å². The van der Waals surface area contributed by atoms with Crippen molar-refractivity contribution >= 4 is 17.6 Å². The summed E-state index contributed by atoms with van der Waals surface area (Å²) in [7, 11) is 0. The standard InChI is InChI=1S/2C6H6.C5H11NO.C4H9NO.C4H8O.2C3H8.C2H6/c2*1-2-4-6-5-3-1;1-3-5(7)6-4-2;1-3-5-4(2)6;1-3-4(2)5;2*1-3-2;1-2/h2*1-6H;3-4H2,1-2H3,(H,6,7);3H2,1-2H3,(H,5,6);3H2,1-2H3;2*3H2,1-2H3;1-2H3. The van der Waals surface area contributed by atoms with Crippen LogP contribution in [0.1, 0.15) is 109 Å². The van der Waals surface area contributed by atoms with Crippen molar-refractivity contribution in [3.05, 3.63) is 72.8 Å². The van der Waals surface area contributed by atoms with E-state index < -0.39 is 0 Å². The molecule has 0 aromatic heterocycles.